The lowest BCUT2D eigenvalue weighted by atomic mass is 10.2. The van der Waals surface area contributed by atoms with Crippen molar-refractivity contribution in [2.75, 3.05) is 33.9 Å². The predicted octanol–water partition coefficient (Wildman–Crippen LogP) is -1.02. The number of nitrogens with two attached hydrogens (primary N) is 1. The number of carbonyl (C=O) groups is 1. The van der Waals surface area contributed by atoms with Crippen LogP contribution < -0.4 is 5.73 Å². The summed E-state index contributed by atoms with van der Waals surface area (Å²) in [6.07, 6.45) is 0. The van der Waals surface area contributed by atoms with Gasteiger partial charge in [-0.3, -0.25) is 9.69 Å². The second-order valence-corrected chi connectivity index (χ2v) is 2.56. The van der Waals surface area contributed by atoms with E-state index in [1.165, 1.54) is 0 Å². The van der Waals surface area contributed by atoms with Crippen LogP contribution in [-0.4, -0.2) is 55.9 Å². The van der Waals surface area contributed by atoms with Crippen molar-refractivity contribution in [3.05, 3.63) is 0 Å². The molecule has 0 aromatic heterocycles. The summed E-state index contributed by atoms with van der Waals surface area (Å²) in [5, 5.41) is 8.68. The summed E-state index contributed by atoms with van der Waals surface area (Å²) in [5.41, 5.74) is 5.28. The summed E-state index contributed by atoms with van der Waals surface area (Å²) in [5.74, 6) is -0.892. The Morgan fingerprint density at radius 1 is 1.75 bits per heavy atom. The lowest BCUT2D eigenvalue weighted by molar-refractivity contribution is -0.142. The average molecular weight is 176 g/mol. The van der Waals surface area contributed by atoms with Crippen molar-refractivity contribution in [1.82, 2.24) is 4.90 Å². The standard InChI is InChI=1S/C7H16N2O3/c1-9(3-4-12-2)6(5-8)7(10)11/h6H,3-5,8H2,1-2H3,(H,10,11). The van der Waals surface area contributed by atoms with Gasteiger partial charge >= 0.3 is 5.97 Å². The molecule has 3 N–H and O–H groups in total. The highest BCUT2D eigenvalue weighted by Crippen LogP contribution is 1.93. The Kier molecular flexibility index (Phi) is 5.61. The van der Waals surface area contributed by atoms with Crippen molar-refractivity contribution >= 4 is 5.97 Å². The number of hydrogen-bond acceptors (Lipinski definition) is 4. The molecule has 0 fully saturated rings. The van der Waals surface area contributed by atoms with Crippen LogP contribution in [0.25, 0.3) is 0 Å². The summed E-state index contributed by atoms with van der Waals surface area (Å²) in [6.45, 7) is 1.21. The van der Waals surface area contributed by atoms with Gasteiger partial charge in [0.25, 0.3) is 0 Å². The van der Waals surface area contributed by atoms with Crippen LogP contribution in [0.2, 0.25) is 0 Å². The van der Waals surface area contributed by atoms with Gasteiger partial charge < -0.3 is 15.6 Å². The molecule has 0 spiro atoms. The molecule has 0 aliphatic rings. The normalized spacial score (nSPS) is 13.3. The summed E-state index contributed by atoms with van der Waals surface area (Å²) in [7, 11) is 3.29. The highest BCUT2D eigenvalue weighted by molar-refractivity contribution is 5.73. The number of carboxylic acid groups (broad SMARTS) is 1. The molecule has 0 rings (SSSR count). The van der Waals surface area contributed by atoms with Crippen LogP contribution >= 0.6 is 0 Å². The first-order valence-corrected chi connectivity index (χ1v) is 3.75. The molecule has 0 radical (unpaired) electrons. The topological polar surface area (TPSA) is 75.8 Å². The van der Waals surface area contributed by atoms with Gasteiger partial charge in [-0.15, -0.1) is 0 Å². The smallest absolute Gasteiger partial charge is 0.322 e. The molecule has 1 atom stereocenters. The van der Waals surface area contributed by atoms with Gasteiger partial charge in [0.15, 0.2) is 0 Å². The predicted molar refractivity (Wildman–Crippen MR) is 45.0 cm³/mol. The SMILES string of the molecule is COCCN(C)C(CN)C(=O)O. The molecular formula is C7H16N2O3. The Balaban J connectivity index is 3.85. The number of aliphatic carboxylic acids is 1. The fourth-order valence-corrected chi connectivity index (χ4v) is 0.860. The van der Waals surface area contributed by atoms with E-state index in [1.54, 1.807) is 19.1 Å². The van der Waals surface area contributed by atoms with E-state index < -0.39 is 12.0 Å². The lowest BCUT2D eigenvalue weighted by Crippen LogP contribution is -2.45. The maximum Gasteiger partial charge on any atom is 0.322 e. The molecule has 0 aliphatic carbocycles. The average Bonchev–Trinajstić information content (AvgIpc) is 2.01. The molecule has 0 bridgehead atoms. The van der Waals surface area contributed by atoms with E-state index in [0.717, 1.165) is 0 Å². The van der Waals surface area contributed by atoms with E-state index in [2.05, 4.69) is 0 Å². The minimum absolute atomic E-state index is 0.121. The fraction of sp³-hybridized carbons (Fsp3) is 0.857. The van der Waals surface area contributed by atoms with E-state index >= 15 is 0 Å². The van der Waals surface area contributed by atoms with Crippen molar-refractivity contribution in [1.29, 1.82) is 0 Å². The molecule has 0 amide bonds. The lowest BCUT2D eigenvalue weighted by Gasteiger charge is -2.22. The van der Waals surface area contributed by atoms with E-state index in [-0.39, 0.29) is 6.54 Å². The summed E-state index contributed by atoms with van der Waals surface area (Å²) >= 11 is 0. The van der Waals surface area contributed by atoms with Gasteiger partial charge in [0, 0.05) is 20.2 Å². The van der Waals surface area contributed by atoms with Crippen molar-refractivity contribution < 1.29 is 14.6 Å². The van der Waals surface area contributed by atoms with Gasteiger partial charge in [0.05, 0.1) is 6.61 Å². The Morgan fingerprint density at radius 3 is 2.67 bits per heavy atom. The molecule has 0 aliphatic heterocycles. The number of methoxy groups -OCH3 is 1. The number of nitrogens with zero attached hydrogens (tertiary/aromatic N) is 1. The molecule has 5 nitrogen and oxygen atoms in total. The van der Waals surface area contributed by atoms with Crippen LogP contribution in [0.5, 0.6) is 0 Å². The van der Waals surface area contributed by atoms with Crippen molar-refractivity contribution in [3.8, 4) is 0 Å². The number of likely N-dealkylation sites (N-methyl/N-ethyl adjacent to an activating group) is 1. The monoisotopic (exact) mass is 176 g/mol. The van der Waals surface area contributed by atoms with Gasteiger partial charge in [0.1, 0.15) is 6.04 Å². The van der Waals surface area contributed by atoms with E-state index in [1.807, 2.05) is 0 Å². The Hall–Kier alpha value is -0.650. The third-order valence-corrected chi connectivity index (χ3v) is 1.69. The van der Waals surface area contributed by atoms with Gasteiger partial charge in [-0.1, -0.05) is 0 Å². The number of carboxylic acids is 1. The molecular weight excluding hydrogens is 160 g/mol. The Bertz CT molecular complexity index is 141. The van der Waals surface area contributed by atoms with E-state index in [4.69, 9.17) is 15.6 Å². The highest BCUT2D eigenvalue weighted by atomic mass is 16.5. The van der Waals surface area contributed by atoms with Crippen molar-refractivity contribution in [2.24, 2.45) is 5.73 Å². The maximum absolute atomic E-state index is 10.6. The van der Waals surface area contributed by atoms with Gasteiger partial charge in [-0.05, 0) is 7.05 Å². The minimum Gasteiger partial charge on any atom is -0.480 e. The number of hydrogen-bond donors (Lipinski definition) is 2. The number of ether oxygens (including phenoxy) is 1. The van der Waals surface area contributed by atoms with Crippen LogP contribution in [0, 0.1) is 0 Å². The van der Waals surface area contributed by atoms with Crippen LogP contribution in [0.15, 0.2) is 0 Å². The highest BCUT2D eigenvalue weighted by Gasteiger charge is 2.19. The molecule has 5 heteroatoms. The molecule has 0 saturated heterocycles. The fourth-order valence-electron chi connectivity index (χ4n) is 0.860. The zero-order valence-electron chi connectivity index (χ0n) is 7.49. The molecule has 0 heterocycles. The number of rotatable bonds is 6. The molecule has 0 aromatic carbocycles. The van der Waals surface area contributed by atoms with Gasteiger partial charge in [-0.25, -0.2) is 0 Å². The van der Waals surface area contributed by atoms with E-state index in [9.17, 15) is 4.79 Å². The summed E-state index contributed by atoms with van der Waals surface area (Å²) in [4.78, 5) is 12.2. The third kappa shape index (κ3) is 3.66. The molecule has 1 unspecified atom stereocenters. The maximum atomic E-state index is 10.6. The van der Waals surface area contributed by atoms with Gasteiger partial charge in [-0.2, -0.15) is 0 Å². The van der Waals surface area contributed by atoms with Crippen LogP contribution in [0.1, 0.15) is 0 Å². The second kappa shape index (κ2) is 5.93. The quantitative estimate of drug-likeness (QED) is 0.541. The zero-order chi connectivity index (χ0) is 9.56. The van der Waals surface area contributed by atoms with Crippen molar-refractivity contribution in [2.45, 2.75) is 6.04 Å². The van der Waals surface area contributed by atoms with Crippen LogP contribution in [0.4, 0.5) is 0 Å². The minimum atomic E-state index is -0.892. The zero-order valence-corrected chi connectivity index (χ0v) is 7.49. The van der Waals surface area contributed by atoms with Gasteiger partial charge in [0.2, 0.25) is 0 Å². The Labute approximate surface area is 72.1 Å². The molecule has 0 saturated carbocycles. The Morgan fingerprint density at radius 2 is 2.33 bits per heavy atom. The van der Waals surface area contributed by atoms with Crippen LogP contribution in [0.3, 0.4) is 0 Å². The molecule has 12 heavy (non-hydrogen) atoms. The second-order valence-electron chi connectivity index (χ2n) is 2.56. The van der Waals surface area contributed by atoms with Crippen molar-refractivity contribution in [3.63, 3.8) is 0 Å². The first-order chi connectivity index (χ1) is 5.63. The first-order valence-electron chi connectivity index (χ1n) is 3.75. The molecule has 0 aromatic rings. The molecule has 72 valence electrons. The first kappa shape index (κ1) is 11.4. The third-order valence-electron chi connectivity index (χ3n) is 1.69. The van der Waals surface area contributed by atoms with Crippen LogP contribution in [-0.2, 0) is 9.53 Å². The summed E-state index contributed by atoms with van der Waals surface area (Å²) in [6, 6.07) is -0.611. The summed E-state index contributed by atoms with van der Waals surface area (Å²) < 4.78 is 4.81. The van der Waals surface area contributed by atoms with E-state index in [0.29, 0.717) is 13.2 Å². The largest absolute Gasteiger partial charge is 0.480 e.